The van der Waals surface area contributed by atoms with Crippen LogP contribution in [0.3, 0.4) is 0 Å². The summed E-state index contributed by atoms with van der Waals surface area (Å²) in [5.74, 6) is 2.94. The number of hydrogen-bond acceptors (Lipinski definition) is 2. The van der Waals surface area contributed by atoms with Gasteiger partial charge in [0.1, 0.15) is 5.82 Å². The summed E-state index contributed by atoms with van der Waals surface area (Å²) in [6.45, 7) is 3.92. The number of aromatic amines is 1. The Kier molecular flexibility index (Phi) is 4.78. The lowest BCUT2D eigenvalue weighted by Gasteiger charge is -2.41. The molecule has 0 unspecified atom stereocenters. The van der Waals surface area contributed by atoms with E-state index in [2.05, 4.69) is 27.9 Å². The molecule has 1 aliphatic carbocycles. The molecule has 1 aliphatic heterocycles. The number of amides is 1. The first-order valence-corrected chi connectivity index (χ1v) is 9.98. The van der Waals surface area contributed by atoms with E-state index in [1.165, 1.54) is 32.1 Å². The SMILES string of the molecule is CCCCC1CCC(C(=O)N2CC(c3nc4ccccc4[nH]3)C2)CC1. The fraction of sp³-hybridized carbons (Fsp3) is 0.619. The molecular formula is C21H29N3O. The Balaban J connectivity index is 1.28. The molecule has 134 valence electrons. The monoisotopic (exact) mass is 339 g/mol. The molecule has 2 heterocycles. The molecule has 1 saturated carbocycles. The average Bonchev–Trinajstić information content (AvgIpc) is 3.02. The third kappa shape index (κ3) is 3.44. The Hall–Kier alpha value is -1.84. The van der Waals surface area contributed by atoms with Crippen molar-refractivity contribution in [3.63, 3.8) is 0 Å². The van der Waals surface area contributed by atoms with E-state index >= 15 is 0 Å². The summed E-state index contributed by atoms with van der Waals surface area (Å²) >= 11 is 0. The van der Waals surface area contributed by atoms with Crippen LogP contribution in [0.5, 0.6) is 0 Å². The van der Waals surface area contributed by atoms with Crippen LogP contribution in [0.4, 0.5) is 0 Å². The summed E-state index contributed by atoms with van der Waals surface area (Å²) in [5.41, 5.74) is 2.11. The van der Waals surface area contributed by atoms with Crippen molar-refractivity contribution in [1.29, 1.82) is 0 Å². The van der Waals surface area contributed by atoms with Crippen molar-refractivity contribution in [3.05, 3.63) is 30.1 Å². The second-order valence-corrected chi connectivity index (χ2v) is 7.94. The molecule has 0 spiro atoms. The lowest BCUT2D eigenvalue weighted by molar-refractivity contribution is -0.141. The quantitative estimate of drug-likeness (QED) is 0.873. The van der Waals surface area contributed by atoms with Gasteiger partial charge in [-0.1, -0.05) is 38.3 Å². The number of carbonyl (C=O) groups is 1. The summed E-state index contributed by atoms with van der Waals surface area (Å²) < 4.78 is 0. The van der Waals surface area contributed by atoms with E-state index in [0.29, 0.717) is 11.8 Å². The van der Waals surface area contributed by atoms with Crippen LogP contribution in [0, 0.1) is 11.8 Å². The van der Waals surface area contributed by atoms with Crippen LogP contribution < -0.4 is 0 Å². The molecule has 2 aliphatic rings. The van der Waals surface area contributed by atoms with Crippen molar-refractivity contribution >= 4 is 16.9 Å². The van der Waals surface area contributed by atoms with Gasteiger partial charge in [-0.2, -0.15) is 0 Å². The smallest absolute Gasteiger partial charge is 0.225 e. The van der Waals surface area contributed by atoms with E-state index < -0.39 is 0 Å². The first kappa shape index (κ1) is 16.6. The summed E-state index contributed by atoms with van der Waals surface area (Å²) in [5, 5.41) is 0. The van der Waals surface area contributed by atoms with E-state index in [-0.39, 0.29) is 5.92 Å². The molecule has 1 aromatic carbocycles. The maximum absolute atomic E-state index is 12.7. The molecule has 1 aromatic heterocycles. The molecule has 0 radical (unpaired) electrons. The molecule has 2 aromatic rings. The number of rotatable bonds is 5. The van der Waals surface area contributed by atoms with E-state index in [4.69, 9.17) is 0 Å². The number of hydrogen-bond donors (Lipinski definition) is 1. The normalized spacial score (nSPS) is 24.4. The highest BCUT2D eigenvalue weighted by atomic mass is 16.2. The predicted molar refractivity (Wildman–Crippen MR) is 100 cm³/mol. The third-order valence-electron chi connectivity index (χ3n) is 6.15. The van der Waals surface area contributed by atoms with Gasteiger partial charge in [-0.25, -0.2) is 4.98 Å². The molecule has 1 amide bonds. The minimum Gasteiger partial charge on any atom is -0.342 e. The van der Waals surface area contributed by atoms with Gasteiger partial charge in [-0.05, 0) is 43.7 Å². The van der Waals surface area contributed by atoms with E-state index in [0.717, 1.165) is 48.7 Å². The number of nitrogens with one attached hydrogen (secondary N) is 1. The molecule has 4 heteroatoms. The summed E-state index contributed by atoms with van der Waals surface area (Å²) in [4.78, 5) is 22.9. The van der Waals surface area contributed by atoms with E-state index in [9.17, 15) is 4.79 Å². The molecule has 1 saturated heterocycles. The lowest BCUT2D eigenvalue weighted by Crippen LogP contribution is -2.51. The van der Waals surface area contributed by atoms with Crippen LogP contribution in [0.25, 0.3) is 11.0 Å². The number of benzene rings is 1. The van der Waals surface area contributed by atoms with Crippen LogP contribution in [-0.4, -0.2) is 33.9 Å². The predicted octanol–water partition coefficient (Wildman–Crippen LogP) is 4.49. The van der Waals surface area contributed by atoms with Gasteiger partial charge >= 0.3 is 0 Å². The largest absolute Gasteiger partial charge is 0.342 e. The molecule has 1 N–H and O–H groups in total. The number of para-hydroxylation sites is 2. The maximum atomic E-state index is 12.7. The van der Waals surface area contributed by atoms with Gasteiger partial charge in [0.15, 0.2) is 0 Å². The topological polar surface area (TPSA) is 49.0 Å². The molecule has 0 bridgehead atoms. The molecule has 2 fully saturated rings. The van der Waals surface area contributed by atoms with E-state index in [1.54, 1.807) is 0 Å². The molecule has 0 atom stereocenters. The third-order valence-corrected chi connectivity index (χ3v) is 6.15. The fourth-order valence-electron chi connectivity index (χ4n) is 4.45. The van der Waals surface area contributed by atoms with Crippen LogP contribution >= 0.6 is 0 Å². The van der Waals surface area contributed by atoms with Gasteiger partial charge in [0.2, 0.25) is 5.91 Å². The van der Waals surface area contributed by atoms with Gasteiger partial charge < -0.3 is 9.88 Å². The number of H-pyrrole nitrogens is 1. The van der Waals surface area contributed by atoms with Crippen molar-refractivity contribution in [3.8, 4) is 0 Å². The number of unbranched alkanes of at least 4 members (excludes halogenated alkanes) is 1. The van der Waals surface area contributed by atoms with Crippen molar-refractivity contribution in [2.24, 2.45) is 11.8 Å². The Morgan fingerprint density at radius 1 is 1.20 bits per heavy atom. The zero-order valence-electron chi connectivity index (χ0n) is 15.2. The molecule has 4 rings (SSSR count). The van der Waals surface area contributed by atoms with Crippen molar-refractivity contribution < 1.29 is 4.79 Å². The summed E-state index contributed by atoms with van der Waals surface area (Å²) in [6, 6.07) is 8.14. The lowest BCUT2D eigenvalue weighted by atomic mass is 9.78. The Bertz CT molecular complexity index is 691. The second-order valence-electron chi connectivity index (χ2n) is 7.94. The molecule has 4 nitrogen and oxygen atoms in total. The number of carbonyl (C=O) groups excluding carboxylic acids is 1. The minimum absolute atomic E-state index is 0.273. The van der Waals surface area contributed by atoms with Crippen LogP contribution in [0.1, 0.15) is 63.6 Å². The minimum atomic E-state index is 0.273. The zero-order valence-corrected chi connectivity index (χ0v) is 15.2. The number of nitrogens with zero attached hydrogens (tertiary/aromatic N) is 2. The first-order chi connectivity index (χ1) is 12.2. The fourth-order valence-corrected chi connectivity index (χ4v) is 4.45. The number of aromatic nitrogens is 2. The van der Waals surface area contributed by atoms with Gasteiger partial charge in [0.25, 0.3) is 0 Å². The van der Waals surface area contributed by atoms with Crippen LogP contribution in [0.15, 0.2) is 24.3 Å². The zero-order chi connectivity index (χ0) is 17.2. The van der Waals surface area contributed by atoms with Gasteiger partial charge in [-0.3, -0.25) is 4.79 Å². The van der Waals surface area contributed by atoms with Crippen molar-refractivity contribution in [2.45, 2.75) is 57.8 Å². The first-order valence-electron chi connectivity index (χ1n) is 9.98. The number of imidazole rings is 1. The molecule has 25 heavy (non-hydrogen) atoms. The number of likely N-dealkylation sites (tertiary alicyclic amines) is 1. The van der Waals surface area contributed by atoms with Gasteiger partial charge in [-0.15, -0.1) is 0 Å². The van der Waals surface area contributed by atoms with Crippen molar-refractivity contribution in [2.75, 3.05) is 13.1 Å². The summed E-state index contributed by atoms with van der Waals surface area (Å²) in [6.07, 6.45) is 8.67. The highest BCUT2D eigenvalue weighted by Gasteiger charge is 2.37. The summed E-state index contributed by atoms with van der Waals surface area (Å²) in [7, 11) is 0. The highest BCUT2D eigenvalue weighted by Crippen LogP contribution is 2.35. The Labute approximate surface area is 150 Å². The standard InChI is InChI=1S/C21H29N3O/c1-2-3-6-15-9-11-16(12-10-15)21(25)24-13-17(14-24)20-22-18-7-4-5-8-19(18)23-20/h4-5,7-8,15-17H,2-3,6,9-14H2,1H3,(H,22,23). The van der Waals surface area contributed by atoms with Gasteiger partial charge in [0, 0.05) is 19.0 Å². The van der Waals surface area contributed by atoms with Crippen LogP contribution in [0.2, 0.25) is 0 Å². The van der Waals surface area contributed by atoms with E-state index in [1.807, 2.05) is 18.2 Å². The van der Waals surface area contributed by atoms with Gasteiger partial charge in [0.05, 0.1) is 17.0 Å². The molecular weight excluding hydrogens is 310 g/mol. The Morgan fingerprint density at radius 3 is 2.68 bits per heavy atom. The van der Waals surface area contributed by atoms with Crippen molar-refractivity contribution in [1.82, 2.24) is 14.9 Å². The van der Waals surface area contributed by atoms with Crippen LogP contribution in [-0.2, 0) is 4.79 Å². The highest BCUT2D eigenvalue weighted by molar-refractivity contribution is 5.80. The second kappa shape index (κ2) is 7.19. The number of fused-ring (bicyclic) bond motifs is 1. The average molecular weight is 339 g/mol. The maximum Gasteiger partial charge on any atom is 0.225 e. The Morgan fingerprint density at radius 2 is 1.96 bits per heavy atom.